The van der Waals surface area contributed by atoms with Gasteiger partial charge in [-0.25, -0.2) is 4.98 Å². The predicted molar refractivity (Wildman–Crippen MR) is 141 cm³/mol. The van der Waals surface area contributed by atoms with Crippen molar-refractivity contribution in [3.05, 3.63) is 66.0 Å². The Kier molecular flexibility index (Phi) is 5.41. The van der Waals surface area contributed by atoms with Crippen molar-refractivity contribution in [2.45, 2.75) is 51.4 Å². The molecule has 8 rings (SSSR count). The van der Waals surface area contributed by atoms with Crippen molar-refractivity contribution in [1.29, 1.82) is 0 Å². The summed E-state index contributed by atoms with van der Waals surface area (Å²) >= 11 is 0. The molecule has 0 unspecified atom stereocenters. The Labute approximate surface area is 215 Å². The van der Waals surface area contributed by atoms with Gasteiger partial charge in [0.05, 0.1) is 0 Å². The third kappa shape index (κ3) is 4.34. The number of carbonyl (C=O) groups is 1. The lowest BCUT2D eigenvalue weighted by Gasteiger charge is -2.57. The van der Waals surface area contributed by atoms with Gasteiger partial charge >= 0.3 is 0 Å². The maximum Gasteiger partial charge on any atom is 0.276 e. The molecule has 8 nitrogen and oxygen atoms in total. The van der Waals surface area contributed by atoms with Gasteiger partial charge in [0.15, 0.2) is 0 Å². The zero-order valence-electron chi connectivity index (χ0n) is 20.8. The van der Waals surface area contributed by atoms with Crippen LogP contribution < -0.4 is 5.32 Å². The van der Waals surface area contributed by atoms with Crippen LogP contribution in [-0.4, -0.2) is 36.5 Å². The highest BCUT2D eigenvalue weighted by Gasteiger charge is 2.50. The van der Waals surface area contributed by atoms with E-state index in [9.17, 15) is 4.79 Å². The van der Waals surface area contributed by atoms with Crippen molar-refractivity contribution >= 4 is 11.6 Å². The van der Waals surface area contributed by atoms with Crippen LogP contribution >= 0.6 is 0 Å². The van der Waals surface area contributed by atoms with E-state index in [0.717, 1.165) is 53.2 Å². The third-order valence-electron chi connectivity index (χ3n) is 8.84. The maximum absolute atomic E-state index is 13.6. The van der Waals surface area contributed by atoms with Crippen LogP contribution in [0.2, 0.25) is 0 Å². The summed E-state index contributed by atoms with van der Waals surface area (Å²) in [5.41, 5.74) is 4.29. The van der Waals surface area contributed by atoms with Gasteiger partial charge in [-0.05, 0) is 91.9 Å². The van der Waals surface area contributed by atoms with Crippen LogP contribution in [0.1, 0.15) is 61.1 Å². The number of H-pyrrole nitrogens is 2. The van der Waals surface area contributed by atoms with Crippen molar-refractivity contribution < 1.29 is 4.79 Å². The number of imidazole rings is 1. The number of carbonyl (C=O) groups excluding carboxylic acids is 1. The summed E-state index contributed by atoms with van der Waals surface area (Å²) < 4.78 is 0. The molecule has 4 bridgehead atoms. The monoisotopic (exact) mass is 493 g/mol. The summed E-state index contributed by atoms with van der Waals surface area (Å²) in [4.78, 5) is 21.9. The average molecular weight is 494 g/mol. The molecule has 4 aliphatic rings. The Morgan fingerprint density at radius 3 is 2.38 bits per heavy atom. The molecule has 37 heavy (non-hydrogen) atoms. The molecule has 4 aliphatic carbocycles. The number of nitrogens with one attached hydrogen (secondary N) is 3. The second-order valence-electron chi connectivity index (χ2n) is 11.5. The first-order chi connectivity index (χ1) is 18.1. The Balaban J connectivity index is 1.16. The molecule has 0 saturated heterocycles. The van der Waals surface area contributed by atoms with Crippen molar-refractivity contribution in [3.63, 3.8) is 0 Å². The van der Waals surface area contributed by atoms with Gasteiger partial charge in [0.1, 0.15) is 11.5 Å². The van der Waals surface area contributed by atoms with Crippen LogP contribution in [0.25, 0.3) is 22.8 Å². The van der Waals surface area contributed by atoms with E-state index in [1.807, 2.05) is 54.6 Å². The lowest BCUT2D eigenvalue weighted by Crippen LogP contribution is -2.46. The van der Waals surface area contributed by atoms with E-state index in [4.69, 9.17) is 4.98 Å². The van der Waals surface area contributed by atoms with E-state index in [-0.39, 0.29) is 5.91 Å². The SMILES string of the molecule is O=C(Nc1cccc(-c2nn[nH]n2)c1)c1nc(-c2ccccc2)[nH]c1CCC12CC3CC(CC(C3)C1)C2. The van der Waals surface area contributed by atoms with Gasteiger partial charge in [-0.3, -0.25) is 4.79 Å². The Bertz CT molecular complexity index is 1370. The molecule has 2 aromatic carbocycles. The average Bonchev–Trinajstić information content (AvgIpc) is 3.58. The number of tetrazole rings is 1. The van der Waals surface area contributed by atoms with E-state index >= 15 is 0 Å². The first kappa shape index (κ1) is 22.4. The first-order valence-electron chi connectivity index (χ1n) is 13.4. The molecular formula is C29H31N7O. The molecule has 0 spiro atoms. The van der Waals surface area contributed by atoms with Crippen LogP contribution in [0.4, 0.5) is 5.69 Å². The van der Waals surface area contributed by atoms with Crippen molar-refractivity contribution in [1.82, 2.24) is 30.6 Å². The van der Waals surface area contributed by atoms with Crippen LogP contribution in [0.3, 0.4) is 0 Å². The zero-order chi connectivity index (χ0) is 24.8. The number of aryl methyl sites for hydroxylation is 1. The van der Waals surface area contributed by atoms with Gasteiger partial charge in [-0.15, -0.1) is 10.2 Å². The number of benzene rings is 2. The zero-order valence-corrected chi connectivity index (χ0v) is 20.8. The summed E-state index contributed by atoms with van der Waals surface area (Å²) in [6.07, 6.45) is 10.4. The van der Waals surface area contributed by atoms with E-state index in [1.165, 1.54) is 38.5 Å². The lowest BCUT2D eigenvalue weighted by atomic mass is 9.48. The number of aromatic amines is 2. The Morgan fingerprint density at radius 1 is 0.946 bits per heavy atom. The molecule has 4 aromatic rings. The molecule has 0 radical (unpaired) electrons. The quantitative estimate of drug-likeness (QED) is 0.308. The Morgan fingerprint density at radius 2 is 1.68 bits per heavy atom. The van der Waals surface area contributed by atoms with E-state index in [0.29, 0.717) is 22.6 Å². The highest BCUT2D eigenvalue weighted by atomic mass is 16.1. The molecule has 188 valence electrons. The summed E-state index contributed by atoms with van der Waals surface area (Å²) in [5.74, 6) is 3.78. The van der Waals surface area contributed by atoms with Crippen molar-refractivity contribution in [2.24, 2.45) is 23.2 Å². The molecule has 8 heteroatoms. The minimum Gasteiger partial charge on any atom is -0.341 e. The van der Waals surface area contributed by atoms with Crippen LogP contribution in [0.15, 0.2) is 54.6 Å². The highest BCUT2D eigenvalue weighted by Crippen LogP contribution is 2.61. The van der Waals surface area contributed by atoms with E-state index < -0.39 is 0 Å². The number of rotatable bonds is 7. The van der Waals surface area contributed by atoms with E-state index in [1.54, 1.807) is 0 Å². The predicted octanol–water partition coefficient (Wildman–Crippen LogP) is 5.66. The van der Waals surface area contributed by atoms with Gasteiger partial charge in [-0.1, -0.05) is 42.5 Å². The van der Waals surface area contributed by atoms with Gasteiger partial charge in [0.2, 0.25) is 5.82 Å². The fraction of sp³-hybridized carbons (Fsp3) is 0.414. The molecule has 4 fully saturated rings. The van der Waals surface area contributed by atoms with Crippen LogP contribution in [-0.2, 0) is 6.42 Å². The normalized spacial score (nSPS) is 25.9. The molecule has 4 saturated carbocycles. The smallest absolute Gasteiger partial charge is 0.276 e. The number of aromatic nitrogens is 6. The third-order valence-corrected chi connectivity index (χ3v) is 8.84. The molecule has 2 aromatic heterocycles. The number of anilines is 1. The van der Waals surface area contributed by atoms with Crippen LogP contribution in [0, 0.1) is 23.2 Å². The fourth-order valence-electron chi connectivity index (χ4n) is 7.71. The minimum atomic E-state index is -0.204. The molecule has 3 N–H and O–H groups in total. The minimum absolute atomic E-state index is 0.204. The number of hydrogen-bond acceptors (Lipinski definition) is 5. The topological polar surface area (TPSA) is 112 Å². The van der Waals surface area contributed by atoms with Crippen molar-refractivity contribution in [2.75, 3.05) is 5.32 Å². The van der Waals surface area contributed by atoms with Gasteiger partial charge < -0.3 is 10.3 Å². The second kappa shape index (κ2) is 8.94. The summed E-state index contributed by atoms with van der Waals surface area (Å²) in [6.45, 7) is 0. The first-order valence-corrected chi connectivity index (χ1v) is 13.4. The Hall–Kier alpha value is -3.81. The van der Waals surface area contributed by atoms with Gasteiger partial charge in [-0.2, -0.15) is 5.21 Å². The fourth-order valence-corrected chi connectivity index (χ4v) is 7.71. The lowest BCUT2D eigenvalue weighted by molar-refractivity contribution is -0.0570. The van der Waals surface area contributed by atoms with Gasteiger partial charge in [0.25, 0.3) is 5.91 Å². The summed E-state index contributed by atoms with van der Waals surface area (Å²) in [7, 11) is 0. The molecule has 0 atom stereocenters. The van der Waals surface area contributed by atoms with E-state index in [2.05, 4.69) is 30.9 Å². The number of amides is 1. The largest absolute Gasteiger partial charge is 0.341 e. The molecule has 2 heterocycles. The maximum atomic E-state index is 13.6. The molecule has 1 amide bonds. The number of nitrogens with zero attached hydrogens (tertiary/aromatic N) is 4. The second-order valence-corrected chi connectivity index (χ2v) is 11.5. The number of hydrogen-bond donors (Lipinski definition) is 3. The summed E-state index contributed by atoms with van der Waals surface area (Å²) in [5, 5.41) is 17.2. The van der Waals surface area contributed by atoms with Crippen molar-refractivity contribution in [3.8, 4) is 22.8 Å². The van der Waals surface area contributed by atoms with Gasteiger partial charge in [0, 0.05) is 22.5 Å². The summed E-state index contributed by atoms with van der Waals surface area (Å²) in [6, 6.07) is 17.5. The standard InChI is InChI=1S/C29H31N7O/c37-28(30-23-8-4-7-22(14-23)27-33-35-36-34-27)25-24(31-26(32-25)21-5-2-1-3-6-21)9-10-29-15-18-11-19(16-29)13-20(12-18)17-29/h1-8,14,18-20H,9-13,15-17H2,(H,30,37)(H,31,32)(H,33,34,35,36). The highest BCUT2D eigenvalue weighted by molar-refractivity contribution is 6.04. The molecular weight excluding hydrogens is 462 g/mol. The van der Waals surface area contributed by atoms with Crippen LogP contribution in [0.5, 0.6) is 0 Å². The molecule has 0 aliphatic heterocycles.